The van der Waals surface area contributed by atoms with Gasteiger partial charge >= 0.3 is 0 Å². The summed E-state index contributed by atoms with van der Waals surface area (Å²) >= 11 is 0. The normalized spacial score (nSPS) is 19.6. The summed E-state index contributed by atoms with van der Waals surface area (Å²) in [5.74, 6) is -0.649. The van der Waals surface area contributed by atoms with Gasteiger partial charge in [-0.05, 0) is 24.3 Å². The number of piperidine rings is 1. The van der Waals surface area contributed by atoms with Crippen LogP contribution in [0.25, 0.3) is 0 Å². The van der Waals surface area contributed by atoms with Gasteiger partial charge in [-0.25, -0.2) is 4.39 Å². The molecule has 3 N–H and O–H groups in total. The summed E-state index contributed by atoms with van der Waals surface area (Å²) in [6, 6.07) is 15.5. The number of benzene rings is 2. The maximum Gasteiger partial charge on any atom is 0.279 e. The molecule has 1 fully saturated rings. The second-order valence-corrected chi connectivity index (χ2v) is 6.58. The maximum atomic E-state index is 13.6. The van der Waals surface area contributed by atoms with Crippen molar-refractivity contribution in [2.24, 2.45) is 5.92 Å². The van der Waals surface area contributed by atoms with Crippen LogP contribution in [0, 0.1) is 11.7 Å². The van der Waals surface area contributed by atoms with E-state index in [0.29, 0.717) is 0 Å². The standard InChI is InChI=1S/C20H22FN3O2/c21-17-8-4-5-9-18(17)23-19(25)14-24-12-10-15(11-13-24)20(26)22-16-6-2-1-3-7-16/h1-9,15H,10-14H2,(H,22,26)(H,23,25)/p+1. The van der Waals surface area contributed by atoms with Crippen molar-refractivity contribution in [3.63, 3.8) is 0 Å². The highest BCUT2D eigenvalue weighted by atomic mass is 19.1. The highest BCUT2D eigenvalue weighted by molar-refractivity contribution is 5.93. The van der Waals surface area contributed by atoms with Gasteiger partial charge in [-0.15, -0.1) is 0 Å². The molecule has 3 rings (SSSR count). The fraction of sp³-hybridized carbons (Fsp3) is 0.300. The Hall–Kier alpha value is -2.73. The first-order valence-electron chi connectivity index (χ1n) is 8.85. The van der Waals surface area contributed by atoms with Crippen molar-refractivity contribution < 1.29 is 18.9 Å². The number of halogens is 1. The average Bonchev–Trinajstić information content (AvgIpc) is 2.65. The lowest BCUT2D eigenvalue weighted by Crippen LogP contribution is -3.14. The highest BCUT2D eigenvalue weighted by Crippen LogP contribution is 2.14. The molecule has 0 aromatic heterocycles. The van der Waals surface area contributed by atoms with Crippen LogP contribution < -0.4 is 15.5 Å². The largest absolute Gasteiger partial charge is 0.327 e. The van der Waals surface area contributed by atoms with E-state index in [-0.39, 0.29) is 30.0 Å². The number of anilines is 2. The van der Waals surface area contributed by atoms with Gasteiger partial charge in [-0.1, -0.05) is 30.3 Å². The van der Waals surface area contributed by atoms with E-state index >= 15 is 0 Å². The van der Waals surface area contributed by atoms with Crippen molar-refractivity contribution in [1.82, 2.24) is 0 Å². The lowest BCUT2D eigenvalue weighted by molar-refractivity contribution is -0.897. The molecule has 1 aliphatic rings. The van der Waals surface area contributed by atoms with Crippen molar-refractivity contribution in [3.05, 3.63) is 60.4 Å². The molecule has 136 valence electrons. The number of quaternary nitrogens is 1. The minimum Gasteiger partial charge on any atom is -0.327 e. The minimum absolute atomic E-state index is 0.0334. The molecule has 0 aliphatic carbocycles. The van der Waals surface area contributed by atoms with E-state index in [2.05, 4.69) is 10.6 Å². The van der Waals surface area contributed by atoms with E-state index in [0.717, 1.165) is 36.5 Å². The van der Waals surface area contributed by atoms with Crippen LogP contribution >= 0.6 is 0 Å². The van der Waals surface area contributed by atoms with Crippen LogP contribution in [0.15, 0.2) is 54.6 Å². The van der Waals surface area contributed by atoms with Crippen LogP contribution in [-0.2, 0) is 9.59 Å². The molecule has 0 unspecified atom stereocenters. The summed E-state index contributed by atoms with van der Waals surface area (Å²) in [4.78, 5) is 25.6. The first kappa shape index (κ1) is 18.1. The highest BCUT2D eigenvalue weighted by Gasteiger charge is 2.28. The summed E-state index contributed by atoms with van der Waals surface area (Å²) in [7, 11) is 0. The molecule has 0 radical (unpaired) electrons. The molecule has 2 aromatic carbocycles. The van der Waals surface area contributed by atoms with Gasteiger partial charge in [-0.2, -0.15) is 0 Å². The number of rotatable bonds is 5. The Bertz CT molecular complexity index is 759. The summed E-state index contributed by atoms with van der Waals surface area (Å²) in [5, 5.41) is 5.55. The molecular formula is C20H23FN3O2+. The minimum atomic E-state index is -0.438. The second kappa shape index (κ2) is 8.58. The fourth-order valence-electron chi connectivity index (χ4n) is 3.21. The van der Waals surface area contributed by atoms with Crippen LogP contribution in [0.2, 0.25) is 0 Å². The zero-order valence-corrected chi connectivity index (χ0v) is 14.5. The summed E-state index contributed by atoms with van der Waals surface area (Å²) < 4.78 is 13.6. The van der Waals surface area contributed by atoms with Crippen molar-refractivity contribution >= 4 is 23.2 Å². The van der Waals surface area contributed by atoms with E-state index in [9.17, 15) is 14.0 Å². The van der Waals surface area contributed by atoms with E-state index in [4.69, 9.17) is 0 Å². The molecule has 2 amide bonds. The van der Waals surface area contributed by atoms with Crippen molar-refractivity contribution in [2.75, 3.05) is 30.3 Å². The van der Waals surface area contributed by atoms with E-state index in [1.165, 1.54) is 6.07 Å². The Morgan fingerprint density at radius 2 is 1.62 bits per heavy atom. The number of para-hydroxylation sites is 2. The van der Waals surface area contributed by atoms with Crippen LogP contribution in [0.1, 0.15) is 12.8 Å². The number of likely N-dealkylation sites (tertiary alicyclic amines) is 1. The molecule has 26 heavy (non-hydrogen) atoms. The van der Waals surface area contributed by atoms with Gasteiger partial charge in [0.2, 0.25) is 5.91 Å². The monoisotopic (exact) mass is 356 g/mol. The SMILES string of the molecule is O=C(C[NH+]1CCC(C(=O)Nc2ccccc2)CC1)Nc1ccccc1F. The number of amides is 2. The molecule has 0 saturated carbocycles. The molecule has 1 aliphatic heterocycles. The van der Waals surface area contributed by atoms with Crippen molar-refractivity contribution in [3.8, 4) is 0 Å². The predicted molar refractivity (Wildman–Crippen MR) is 98.4 cm³/mol. The van der Waals surface area contributed by atoms with Gasteiger partial charge in [0.15, 0.2) is 6.54 Å². The Balaban J connectivity index is 1.44. The van der Waals surface area contributed by atoms with Crippen LogP contribution in [-0.4, -0.2) is 31.4 Å². The van der Waals surface area contributed by atoms with Crippen molar-refractivity contribution in [1.29, 1.82) is 0 Å². The van der Waals surface area contributed by atoms with Gasteiger partial charge in [0.1, 0.15) is 5.82 Å². The number of hydrogen-bond donors (Lipinski definition) is 3. The van der Waals surface area contributed by atoms with Crippen molar-refractivity contribution in [2.45, 2.75) is 12.8 Å². The quantitative estimate of drug-likeness (QED) is 0.764. The molecule has 5 nitrogen and oxygen atoms in total. The lowest BCUT2D eigenvalue weighted by atomic mass is 9.96. The van der Waals surface area contributed by atoms with Gasteiger partial charge < -0.3 is 15.5 Å². The Morgan fingerprint density at radius 3 is 2.31 bits per heavy atom. The third kappa shape index (κ3) is 4.89. The zero-order chi connectivity index (χ0) is 18.4. The number of hydrogen-bond acceptors (Lipinski definition) is 2. The first-order valence-corrected chi connectivity index (χ1v) is 8.85. The second-order valence-electron chi connectivity index (χ2n) is 6.58. The third-order valence-electron chi connectivity index (χ3n) is 4.66. The van der Waals surface area contributed by atoms with Gasteiger partial charge in [-0.3, -0.25) is 9.59 Å². The average molecular weight is 356 g/mol. The number of carbonyl (C=O) groups excluding carboxylic acids is 2. The fourth-order valence-corrected chi connectivity index (χ4v) is 3.21. The summed E-state index contributed by atoms with van der Waals surface area (Å²) in [5.41, 5.74) is 1.01. The number of carbonyl (C=O) groups is 2. The van der Waals surface area contributed by atoms with Gasteiger partial charge in [0, 0.05) is 24.4 Å². The molecule has 2 aromatic rings. The first-order chi connectivity index (χ1) is 12.6. The zero-order valence-electron chi connectivity index (χ0n) is 14.5. The molecule has 1 heterocycles. The summed E-state index contributed by atoms with van der Waals surface area (Å²) in [6.45, 7) is 1.77. The van der Waals surface area contributed by atoms with Crippen LogP contribution in [0.3, 0.4) is 0 Å². The van der Waals surface area contributed by atoms with E-state index in [1.54, 1.807) is 18.2 Å². The molecule has 0 bridgehead atoms. The van der Waals surface area contributed by atoms with Crippen LogP contribution in [0.5, 0.6) is 0 Å². The molecule has 0 spiro atoms. The Labute approximate surface area is 152 Å². The molecule has 1 saturated heterocycles. The summed E-state index contributed by atoms with van der Waals surface area (Å²) in [6.07, 6.45) is 1.47. The number of nitrogens with one attached hydrogen (secondary N) is 3. The predicted octanol–water partition coefficient (Wildman–Crippen LogP) is 1.70. The Kier molecular flexibility index (Phi) is 5.96. The Morgan fingerprint density at radius 1 is 0.962 bits per heavy atom. The smallest absolute Gasteiger partial charge is 0.279 e. The molecular weight excluding hydrogens is 333 g/mol. The maximum absolute atomic E-state index is 13.6. The molecule has 0 atom stereocenters. The van der Waals surface area contributed by atoms with Crippen LogP contribution in [0.4, 0.5) is 15.8 Å². The topological polar surface area (TPSA) is 62.6 Å². The molecule has 6 heteroatoms. The lowest BCUT2D eigenvalue weighted by Gasteiger charge is -2.28. The van der Waals surface area contributed by atoms with E-state index in [1.807, 2.05) is 30.3 Å². The van der Waals surface area contributed by atoms with Gasteiger partial charge in [0.05, 0.1) is 18.8 Å². The van der Waals surface area contributed by atoms with Gasteiger partial charge in [0.25, 0.3) is 5.91 Å². The van der Waals surface area contributed by atoms with E-state index < -0.39 is 5.82 Å². The third-order valence-corrected chi connectivity index (χ3v) is 4.66.